The van der Waals surface area contributed by atoms with Crippen LogP contribution in [-0.4, -0.2) is 50.8 Å². The summed E-state index contributed by atoms with van der Waals surface area (Å²) in [6, 6.07) is 6.02. The number of ether oxygens (including phenoxy) is 1. The highest BCUT2D eigenvalue weighted by Gasteiger charge is 2.60. The largest absolute Gasteiger partial charge is 0.356 e. The van der Waals surface area contributed by atoms with E-state index in [0.29, 0.717) is 24.9 Å². The van der Waals surface area contributed by atoms with E-state index in [0.717, 1.165) is 16.6 Å². The Labute approximate surface area is 172 Å². The fourth-order valence-electron chi connectivity index (χ4n) is 4.78. The molecule has 1 saturated heterocycles. The lowest BCUT2D eigenvalue weighted by Crippen LogP contribution is -2.43. The van der Waals surface area contributed by atoms with Gasteiger partial charge in [0, 0.05) is 31.4 Å². The van der Waals surface area contributed by atoms with Crippen molar-refractivity contribution < 1.29 is 14.6 Å². The van der Waals surface area contributed by atoms with Crippen molar-refractivity contribution >= 4 is 16.8 Å². The molecule has 2 aliphatic rings. The minimum Gasteiger partial charge on any atom is -0.356 e. The molecule has 2 heterocycles. The van der Waals surface area contributed by atoms with Crippen molar-refractivity contribution in [1.29, 1.82) is 0 Å². The van der Waals surface area contributed by atoms with Crippen LogP contribution in [0, 0.1) is 24.7 Å². The van der Waals surface area contributed by atoms with Gasteiger partial charge in [-0.25, -0.2) is 0 Å². The summed E-state index contributed by atoms with van der Waals surface area (Å²) in [4.78, 5) is 14.8. The van der Waals surface area contributed by atoms with Gasteiger partial charge < -0.3 is 15.2 Å². The maximum absolute atomic E-state index is 12.9. The highest BCUT2D eigenvalue weighted by atomic mass is 16.6. The minimum atomic E-state index is -0.909. The van der Waals surface area contributed by atoms with Crippen LogP contribution in [0.25, 0.3) is 10.9 Å². The van der Waals surface area contributed by atoms with Crippen molar-refractivity contribution in [3.63, 3.8) is 0 Å². The van der Waals surface area contributed by atoms with Crippen molar-refractivity contribution in [3.8, 4) is 0 Å². The van der Waals surface area contributed by atoms with Crippen LogP contribution in [0.5, 0.6) is 0 Å². The van der Waals surface area contributed by atoms with Crippen LogP contribution in [0.4, 0.5) is 0 Å². The zero-order valence-corrected chi connectivity index (χ0v) is 18.1. The van der Waals surface area contributed by atoms with Crippen molar-refractivity contribution in [3.05, 3.63) is 29.5 Å². The Balaban J connectivity index is 1.37. The first kappa shape index (κ1) is 20.3. The lowest BCUT2D eigenvalue weighted by molar-refractivity contribution is -0.236. The number of carbonyl (C=O) groups is 1. The fraction of sp³-hybridized carbons (Fsp3) is 0.636. The molecule has 7 nitrogen and oxygen atoms in total. The first-order valence-corrected chi connectivity index (χ1v) is 10.4. The number of aromatic nitrogens is 2. The van der Waals surface area contributed by atoms with Crippen molar-refractivity contribution in [1.82, 2.24) is 20.0 Å². The second-order valence-electron chi connectivity index (χ2n) is 9.57. The van der Waals surface area contributed by atoms with E-state index in [-0.39, 0.29) is 17.9 Å². The quantitative estimate of drug-likeness (QED) is 0.753. The van der Waals surface area contributed by atoms with Crippen LogP contribution in [0.2, 0.25) is 0 Å². The molecule has 2 fully saturated rings. The van der Waals surface area contributed by atoms with Gasteiger partial charge in [0.2, 0.25) is 12.3 Å². The molecule has 1 amide bonds. The number of rotatable bonds is 5. The molecule has 2 N–H and O–H groups in total. The summed E-state index contributed by atoms with van der Waals surface area (Å²) >= 11 is 0. The maximum atomic E-state index is 12.9. The smallest absolute Gasteiger partial charge is 0.224 e. The average Bonchev–Trinajstić information content (AvgIpc) is 2.95. The molecule has 1 aliphatic carbocycles. The Bertz CT molecular complexity index is 920. The van der Waals surface area contributed by atoms with Gasteiger partial charge in [-0.15, -0.1) is 0 Å². The van der Waals surface area contributed by atoms with Crippen molar-refractivity contribution in [2.24, 2.45) is 24.8 Å². The lowest BCUT2D eigenvalue weighted by atomic mass is 10.1. The molecule has 4 rings (SSSR count). The number of aliphatic hydroxyl groups is 1. The number of amides is 1. The zero-order chi connectivity index (χ0) is 21.1. The molecule has 29 heavy (non-hydrogen) atoms. The topological polar surface area (TPSA) is 79.6 Å². The number of aliphatic hydroxyl groups excluding tert-OH is 1. The molecule has 7 heteroatoms. The predicted octanol–water partition coefficient (Wildman–Crippen LogP) is 2.33. The Hall–Kier alpha value is -1.96. The molecule has 0 spiro atoms. The summed E-state index contributed by atoms with van der Waals surface area (Å²) < 4.78 is 7.52. The minimum absolute atomic E-state index is 0.0206. The number of piperidine rings is 1. The van der Waals surface area contributed by atoms with Gasteiger partial charge in [0.25, 0.3) is 0 Å². The van der Waals surface area contributed by atoms with E-state index < -0.39 is 12.0 Å². The molecular formula is C22H32N4O3. The maximum Gasteiger partial charge on any atom is 0.224 e. The molecular weight excluding hydrogens is 368 g/mol. The van der Waals surface area contributed by atoms with Crippen LogP contribution >= 0.6 is 0 Å². The highest BCUT2D eigenvalue weighted by Crippen LogP contribution is 2.52. The molecule has 0 bridgehead atoms. The van der Waals surface area contributed by atoms with Crippen LogP contribution in [0.15, 0.2) is 18.2 Å². The van der Waals surface area contributed by atoms with Gasteiger partial charge in [-0.2, -0.15) is 5.10 Å². The molecule has 2 aromatic rings. The van der Waals surface area contributed by atoms with Gasteiger partial charge >= 0.3 is 0 Å². The summed E-state index contributed by atoms with van der Waals surface area (Å²) in [5.74, 6) is 0.698. The van der Waals surface area contributed by atoms with E-state index in [4.69, 9.17) is 4.74 Å². The molecule has 1 aromatic heterocycles. The number of aryl methyl sites for hydroxylation is 2. The summed E-state index contributed by atoms with van der Waals surface area (Å²) in [6.07, 6.45) is -0.909. The molecule has 158 valence electrons. The molecule has 1 saturated carbocycles. The molecule has 0 radical (unpaired) electrons. The monoisotopic (exact) mass is 400 g/mol. The molecule has 5 atom stereocenters. The summed E-state index contributed by atoms with van der Waals surface area (Å²) in [5.41, 5.74) is 2.79. The standard InChI is InChI=1S/C22H32N4O3/c1-12-8-7-9-14-18(24-25(6)19(12)14)13(2)23-20(27)17-15-10-26(11-16(15)17)21(28)29-22(3,4)5/h7-9,13,15-17,21,28H,10-11H2,1-6H3,(H,23,27)/t13?,15-,16+,17+,21?. The molecule has 1 aromatic carbocycles. The third-order valence-electron chi connectivity index (χ3n) is 6.16. The van der Waals surface area contributed by atoms with E-state index in [9.17, 15) is 9.90 Å². The Morgan fingerprint density at radius 1 is 1.31 bits per heavy atom. The molecule has 2 unspecified atom stereocenters. The number of benzene rings is 1. The van der Waals surface area contributed by atoms with E-state index >= 15 is 0 Å². The number of fused-ring (bicyclic) bond motifs is 2. The number of hydrogen-bond donors (Lipinski definition) is 2. The van der Waals surface area contributed by atoms with Crippen LogP contribution in [0.3, 0.4) is 0 Å². The average molecular weight is 401 g/mol. The second-order valence-corrected chi connectivity index (χ2v) is 9.57. The molecule has 1 aliphatic heterocycles. The van der Waals surface area contributed by atoms with Crippen LogP contribution < -0.4 is 5.32 Å². The van der Waals surface area contributed by atoms with Gasteiger partial charge in [-0.1, -0.05) is 18.2 Å². The SMILES string of the molecule is Cc1cccc2c(C(C)NC(=O)[C@H]3[C@@H]4CN(C(O)OC(C)(C)C)C[C@@H]43)nn(C)c12. The van der Waals surface area contributed by atoms with Gasteiger partial charge in [0.05, 0.1) is 22.9 Å². The van der Waals surface area contributed by atoms with E-state index in [1.807, 2.05) is 50.4 Å². The van der Waals surface area contributed by atoms with E-state index in [1.165, 1.54) is 5.56 Å². The zero-order valence-electron chi connectivity index (χ0n) is 18.1. The first-order valence-electron chi connectivity index (χ1n) is 10.4. The van der Waals surface area contributed by atoms with E-state index in [1.54, 1.807) is 0 Å². The fourth-order valence-corrected chi connectivity index (χ4v) is 4.78. The van der Waals surface area contributed by atoms with Crippen LogP contribution in [0.1, 0.15) is 45.0 Å². The highest BCUT2D eigenvalue weighted by molar-refractivity contribution is 5.87. The number of para-hydroxylation sites is 1. The third kappa shape index (κ3) is 3.79. The van der Waals surface area contributed by atoms with E-state index in [2.05, 4.69) is 29.5 Å². The van der Waals surface area contributed by atoms with Gasteiger partial charge in [-0.3, -0.25) is 14.4 Å². The summed E-state index contributed by atoms with van der Waals surface area (Å²) in [5, 5.41) is 19.2. The lowest BCUT2D eigenvalue weighted by Gasteiger charge is -2.31. The van der Waals surface area contributed by atoms with Gasteiger partial charge in [-0.05, 0) is 52.0 Å². The summed E-state index contributed by atoms with van der Waals surface area (Å²) in [6.45, 7) is 11.2. The third-order valence-corrected chi connectivity index (χ3v) is 6.16. The normalized spacial score (nSPS) is 26.4. The number of hydrogen-bond acceptors (Lipinski definition) is 5. The Morgan fingerprint density at radius 2 is 1.97 bits per heavy atom. The number of nitrogens with one attached hydrogen (secondary N) is 1. The number of likely N-dealkylation sites (tertiary alicyclic amines) is 1. The predicted molar refractivity (Wildman–Crippen MR) is 111 cm³/mol. The van der Waals surface area contributed by atoms with Gasteiger partial charge in [0.1, 0.15) is 0 Å². The van der Waals surface area contributed by atoms with Crippen molar-refractivity contribution in [2.45, 2.75) is 52.7 Å². The number of nitrogens with zero attached hydrogens (tertiary/aromatic N) is 3. The Morgan fingerprint density at radius 3 is 2.59 bits per heavy atom. The Kier molecular flexibility index (Phi) is 4.96. The van der Waals surface area contributed by atoms with Crippen LogP contribution in [-0.2, 0) is 16.6 Å². The summed E-state index contributed by atoms with van der Waals surface area (Å²) in [7, 11) is 1.94. The van der Waals surface area contributed by atoms with Crippen molar-refractivity contribution in [2.75, 3.05) is 13.1 Å². The first-order chi connectivity index (χ1) is 13.6. The van der Waals surface area contributed by atoms with Gasteiger partial charge in [0.15, 0.2) is 0 Å². The second kappa shape index (κ2) is 7.07. The number of carbonyl (C=O) groups excluding carboxylic acids is 1.